The second kappa shape index (κ2) is 5.67. The predicted octanol–water partition coefficient (Wildman–Crippen LogP) is 1.75. The molecular weight excluding hydrogens is 320 g/mol. The fourth-order valence-electron chi connectivity index (χ4n) is 2.70. The Balaban J connectivity index is 1.47. The lowest BCUT2D eigenvalue weighted by Gasteiger charge is -2.26. The Labute approximate surface area is 142 Å². The molecule has 1 fully saturated rings. The van der Waals surface area contributed by atoms with E-state index in [2.05, 4.69) is 20.2 Å². The molecule has 5 heterocycles. The summed E-state index contributed by atoms with van der Waals surface area (Å²) in [6.45, 7) is 1.26. The van der Waals surface area contributed by atoms with E-state index in [9.17, 15) is 0 Å². The summed E-state index contributed by atoms with van der Waals surface area (Å²) in [6.07, 6.45) is 12.7. The van der Waals surface area contributed by atoms with E-state index in [1.807, 2.05) is 24.5 Å². The van der Waals surface area contributed by atoms with Crippen molar-refractivity contribution in [1.29, 1.82) is 0 Å². The van der Waals surface area contributed by atoms with Crippen molar-refractivity contribution in [2.24, 2.45) is 0 Å². The van der Waals surface area contributed by atoms with Crippen molar-refractivity contribution in [3.63, 3.8) is 0 Å². The summed E-state index contributed by atoms with van der Waals surface area (Å²) in [6, 6.07) is 3.80. The number of hydrogen-bond donors (Lipinski definition) is 0. The van der Waals surface area contributed by atoms with E-state index in [1.54, 1.807) is 40.2 Å². The second-order valence-electron chi connectivity index (χ2n) is 5.78. The van der Waals surface area contributed by atoms with E-state index in [4.69, 9.17) is 9.47 Å². The minimum atomic E-state index is 0.115. The average molecular weight is 334 g/mol. The molecule has 0 saturated carbocycles. The van der Waals surface area contributed by atoms with Gasteiger partial charge < -0.3 is 9.47 Å². The number of aromatic nitrogens is 6. The Morgan fingerprint density at radius 1 is 1.08 bits per heavy atom. The Bertz CT molecular complexity index is 1040. The van der Waals surface area contributed by atoms with Crippen LogP contribution in [0.25, 0.3) is 22.5 Å². The van der Waals surface area contributed by atoms with Crippen LogP contribution < -0.4 is 4.74 Å². The molecule has 124 valence electrons. The van der Waals surface area contributed by atoms with Gasteiger partial charge in [0.2, 0.25) is 0 Å². The smallest absolute Gasteiger partial charge is 0.181 e. The van der Waals surface area contributed by atoms with Crippen molar-refractivity contribution < 1.29 is 9.47 Å². The lowest BCUT2D eigenvalue weighted by molar-refractivity contribution is -0.0797. The summed E-state index contributed by atoms with van der Waals surface area (Å²) in [5, 5.41) is 8.73. The van der Waals surface area contributed by atoms with Gasteiger partial charge in [-0.1, -0.05) is 0 Å². The number of fused-ring (bicyclic) bond motifs is 1. The summed E-state index contributed by atoms with van der Waals surface area (Å²) in [7, 11) is 0. The van der Waals surface area contributed by atoms with Gasteiger partial charge in [0.25, 0.3) is 0 Å². The highest BCUT2D eigenvalue weighted by atomic mass is 16.6. The van der Waals surface area contributed by atoms with Gasteiger partial charge >= 0.3 is 0 Å². The third-order valence-electron chi connectivity index (χ3n) is 4.05. The van der Waals surface area contributed by atoms with Crippen LogP contribution in [0.2, 0.25) is 0 Å². The number of rotatable bonds is 4. The molecule has 0 N–H and O–H groups in total. The average Bonchev–Trinajstić information content (AvgIpc) is 3.25. The highest BCUT2D eigenvalue weighted by Gasteiger charge is 2.20. The van der Waals surface area contributed by atoms with E-state index < -0.39 is 0 Å². The van der Waals surface area contributed by atoms with Gasteiger partial charge in [-0.05, 0) is 12.1 Å². The fraction of sp³-hybridized carbons (Fsp3) is 0.176. The molecule has 0 atom stereocenters. The summed E-state index contributed by atoms with van der Waals surface area (Å²) in [5.74, 6) is 0.733. The normalized spacial score (nSPS) is 14.6. The maximum atomic E-state index is 5.81. The molecule has 0 spiro atoms. The Hall–Kier alpha value is -3.26. The van der Waals surface area contributed by atoms with Crippen LogP contribution in [0.5, 0.6) is 5.75 Å². The minimum absolute atomic E-state index is 0.115. The van der Waals surface area contributed by atoms with Crippen LogP contribution in [0.4, 0.5) is 0 Å². The summed E-state index contributed by atoms with van der Waals surface area (Å²) < 4.78 is 14.4. The summed E-state index contributed by atoms with van der Waals surface area (Å²) >= 11 is 0. The largest absolute Gasteiger partial charge is 0.484 e. The molecule has 0 aromatic carbocycles. The van der Waals surface area contributed by atoms with Crippen molar-refractivity contribution in [2.45, 2.75) is 6.10 Å². The van der Waals surface area contributed by atoms with Crippen LogP contribution in [0, 0.1) is 0 Å². The molecule has 0 unspecified atom stereocenters. The van der Waals surface area contributed by atoms with E-state index in [-0.39, 0.29) is 6.10 Å². The molecular formula is C17H14N6O2. The monoisotopic (exact) mass is 334 g/mol. The molecule has 0 bridgehead atoms. The lowest BCUT2D eigenvalue weighted by Crippen LogP contribution is -2.38. The van der Waals surface area contributed by atoms with E-state index in [1.165, 1.54) is 0 Å². The number of pyridine rings is 1. The third-order valence-corrected chi connectivity index (χ3v) is 4.05. The van der Waals surface area contributed by atoms with Gasteiger partial charge in [0.1, 0.15) is 17.5 Å². The molecule has 8 heteroatoms. The maximum absolute atomic E-state index is 5.81. The topological polar surface area (TPSA) is 79.4 Å². The standard InChI is InChI=1S/C17H14N6O2/c1-2-19-17-16(8-21-22(17)3-1)23-9-13(6-20-23)12-4-14(7-18-5-12)25-15-10-24-11-15/h1-9,15H,10-11H2. The van der Waals surface area contributed by atoms with Crippen LogP contribution in [-0.2, 0) is 4.74 Å². The zero-order valence-electron chi connectivity index (χ0n) is 13.2. The Kier molecular flexibility index (Phi) is 3.20. The summed E-state index contributed by atoms with van der Waals surface area (Å²) in [4.78, 5) is 8.62. The first-order valence-corrected chi connectivity index (χ1v) is 7.90. The van der Waals surface area contributed by atoms with Gasteiger partial charge in [-0.2, -0.15) is 10.2 Å². The van der Waals surface area contributed by atoms with Gasteiger partial charge in [-0.3, -0.25) is 4.98 Å². The zero-order chi connectivity index (χ0) is 16.6. The van der Waals surface area contributed by atoms with Crippen LogP contribution in [0.3, 0.4) is 0 Å². The van der Waals surface area contributed by atoms with E-state index >= 15 is 0 Å². The quantitative estimate of drug-likeness (QED) is 0.566. The van der Waals surface area contributed by atoms with Crippen molar-refractivity contribution in [1.82, 2.24) is 29.4 Å². The number of nitrogens with zero attached hydrogens (tertiary/aromatic N) is 6. The first-order chi connectivity index (χ1) is 12.4. The van der Waals surface area contributed by atoms with Gasteiger partial charge in [-0.15, -0.1) is 0 Å². The number of hydrogen-bond acceptors (Lipinski definition) is 6. The molecule has 1 aliphatic rings. The van der Waals surface area contributed by atoms with Gasteiger partial charge in [0.15, 0.2) is 5.65 Å². The van der Waals surface area contributed by atoms with Gasteiger partial charge in [0, 0.05) is 35.9 Å². The summed E-state index contributed by atoms with van der Waals surface area (Å²) in [5.41, 5.74) is 3.45. The van der Waals surface area contributed by atoms with Gasteiger partial charge in [0.05, 0.1) is 31.8 Å². The molecule has 1 saturated heterocycles. The number of ether oxygens (including phenoxy) is 2. The third kappa shape index (κ3) is 2.52. The molecule has 0 aliphatic carbocycles. The van der Waals surface area contributed by atoms with Crippen molar-refractivity contribution in [3.8, 4) is 22.6 Å². The second-order valence-corrected chi connectivity index (χ2v) is 5.78. The Morgan fingerprint density at radius 2 is 2.04 bits per heavy atom. The predicted molar refractivity (Wildman–Crippen MR) is 88.6 cm³/mol. The van der Waals surface area contributed by atoms with Crippen molar-refractivity contribution >= 4 is 5.65 Å². The van der Waals surface area contributed by atoms with Gasteiger partial charge in [-0.25, -0.2) is 14.2 Å². The molecule has 8 nitrogen and oxygen atoms in total. The fourth-order valence-corrected chi connectivity index (χ4v) is 2.70. The van der Waals surface area contributed by atoms with Crippen LogP contribution in [0.1, 0.15) is 0 Å². The molecule has 5 rings (SSSR count). The van der Waals surface area contributed by atoms with Crippen molar-refractivity contribution in [3.05, 3.63) is 55.5 Å². The highest BCUT2D eigenvalue weighted by molar-refractivity contribution is 5.64. The molecule has 0 radical (unpaired) electrons. The van der Waals surface area contributed by atoms with Crippen LogP contribution >= 0.6 is 0 Å². The molecule has 1 aliphatic heterocycles. The highest BCUT2D eigenvalue weighted by Crippen LogP contribution is 2.25. The first kappa shape index (κ1) is 14.1. The molecule has 0 amide bonds. The Morgan fingerprint density at radius 3 is 2.92 bits per heavy atom. The van der Waals surface area contributed by atoms with Crippen LogP contribution in [0.15, 0.2) is 55.5 Å². The maximum Gasteiger partial charge on any atom is 0.181 e. The van der Waals surface area contributed by atoms with Crippen molar-refractivity contribution in [2.75, 3.05) is 13.2 Å². The lowest BCUT2D eigenvalue weighted by atomic mass is 10.1. The zero-order valence-corrected chi connectivity index (χ0v) is 13.2. The molecule has 25 heavy (non-hydrogen) atoms. The van der Waals surface area contributed by atoms with E-state index in [0.717, 1.165) is 28.2 Å². The van der Waals surface area contributed by atoms with Crippen LogP contribution in [-0.4, -0.2) is 48.7 Å². The molecule has 4 aromatic heterocycles. The first-order valence-electron chi connectivity index (χ1n) is 7.90. The SMILES string of the molecule is c1cnc2c(-n3cc(-c4cncc(OC5COC5)c4)cn3)cnn2c1. The molecule has 4 aromatic rings. The minimum Gasteiger partial charge on any atom is -0.484 e. The van der Waals surface area contributed by atoms with E-state index in [0.29, 0.717) is 13.2 Å².